The molecule has 0 N–H and O–H groups in total. The van der Waals surface area contributed by atoms with Crippen LogP contribution in [0.2, 0.25) is 0 Å². The van der Waals surface area contributed by atoms with Gasteiger partial charge in [0, 0.05) is 69.7 Å². The molecule has 9 heterocycles. The van der Waals surface area contributed by atoms with Crippen molar-refractivity contribution in [2.45, 2.75) is 0 Å². The number of thiophene rings is 1. The third-order valence-electron chi connectivity index (χ3n) is 23.4. The number of para-hydroxylation sites is 4. The summed E-state index contributed by atoms with van der Waals surface area (Å²) in [7, 11) is 0. The second-order valence-electron chi connectivity index (χ2n) is 30.3. The van der Waals surface area contributed by atoms with Crippen LogP contribution >= 0.6 is 11.3 Å². The lowest BCUT2D eigenvalue weighted by molar-refractivity contribution is 0.653. The second-order valence-corrected chi connectivity index (χ2v) is 31.4. The summed E-state index contributed by atoms with van der Waals surface area (Å²) in [4.78, 5) is 29.2. The number of aromatic nitrogens is 7. The summed E-state index contributed by atoms with van der Waals surface area (Å²) in [6.07, 6.45) is 5.40. The SMILES string of the molecule is c1cc(-c2ccc(-c3cccc4c3sc3ccccc34)cc2)cc(-c2cnc3oc4ccc5ccccc5c4c3n2)c1.c1cc(-c2cnc3oc4ccc5ccccc5c4c3n2)cc(-c2cccc3c2oc2ccccc23)c1.c1ccc(-n2c3ccccc3c3cc(-c4cccc(-c5cnc6oc7ccc8ccccc8c7c6n5)c4)ccc32)cc1. The van der Waals surface area contributed by atoms with Gasteiger partial charge in [0.1, 0.15) is 44.5 Å². The summed E-state index contributed by atoms with van der Waals surface area (Å²) in [5, 5.41) is 17.2. The van der Waals surface area contributed by atoms with Gasteiger partial charge in [-0.25, -0.2) is 29.9 Å². The number of furan rings is 4. The van der Waals surface area contributed by atoms with E-state index < -0.39 is 0 Å². The van der Waals surface area contributed by atoms with Crippen molar-refractivity contribution in [2.24, 2.45) is 0 Å². The van der Waals surface area contributed by atoms with Crippen molar-refractivity contribution in [3.8, 4) is 84.0 Å². The van der Waals surface area contributed by atoms with Crippen LogP contribution in [0.5, 0.6) is 0 Å². The Balaban J connectivity index is 0.000000103. The molecule has 26 rings (SSSR count). The lowest BCUT2D eigenvalue weighted by atomic mass is 9.98. The molecule has 11 nitrogen and oxygen atoms in total. The molecule has 0 aliphatic carbocycles. The monoisotopic (exact) mass is 1550 g/mol. The highest BCUT2D eigenvalue weighted by atomic mass is 32.1. The molecule has 9 aromatic heterocycles. The molecular formula is C108H63N7O4S. The average Bonchev–Trinajstić information content (AvgIpc) is 1.60. The number of nitrogens with zero attached hydrogens (tertiary/aromatic N) is 7. The molecule has 0 atom stereocenters. The number of rotatable bonds is 8. The lowest BCUT2D eigenvalue weighted by Gasteiger charge is -2.09. The fourth-order valence-electron chi connectivity index (χ4n) is 17.7. The Labute approximate surface area is 688 Å². The summed E-state index contributed by atoms with van der Waals surface area (Å²) >= 11 is 1.87. The molecule has 0 saturated carbocycles. The van der Waals surface area contributed by atoms with Crippen molar-refractivity contribution >= 4 is 174 Å². The first-order valence-corrected chi connectivity index (χ1v) is 40.8. The van der Waals surface area contributed by atoms with E-state index in [1.165, 1.54) is 53.1 Å². The van der Waals surface area contributed by atoms with Gasteiger partial charge in [-0.3, -0.25) is 0 Å². The van der Waals surface area contributed by atoms with Crippen molar-refractivity contribution in [3.63, 3.8) is 0 Å². The fourth-order valence-corrected chi connectivity index (χ4v) is 18.9. The van der Waals surface area contributed by atoms with Crippen LogP contribution in [0.4, 0.5) is 0 Å². The van der Waals surface area contributed by atoms with E-state index in [2.05, 4.69) is 335 Å². The molecule has 0 spiro atoms. The van der Waals surface area contributed by atoms with Gasteiger partial charge < -0.3 is 22.2 Å². The Morgan fingerprint density at radius 1 is 0.242 bits per heavy atom. The molecule has 0 radical (unpaired) electrons. The predicted molar refractivity (Wildman–Crippen MR) is 493 cm³/mol. The zero-order valence-electron chi connectivity index (χ0n) is 64.0. The first-order valence-electron chi connectivity index (χ1n) is 40.0. The van der Waals surface area contributed by atoms with E-state index in [1.807, 2.05) is 66.1 Å². The fraction of sp³-hybridized carbons (Fsp3) is 0. The minimum absolute atomic E-state index is 0.549. The summed E-state index contributed by atoms with van der Waals surface area (Å²) in [6.45, 7) is 0. The van der Waals surface area contributed by atoms with Crippen molar-refractivity contribution < 1.29 is 17.7 Å². The maximum absolute atomic E-state index is 6.28. The summed E-state index contributed by atoms with van der Waals surface area (Å²) in [5.41, 5.74) is 26.5. The highest BCUT2D eigenvalue weighted by molar-refractivity contribution is 7.26. The normalized spacial score (nSPS) is 11.8. The molecule has 0 aliphatic heterocycles. The van der Waals surface area contributed by atoms with Crippen LogP contribution in [-0.4, -0.2) is 34.5 Å². The molecule has 120 heavy (non-hydrogen) atoms. The largest absolute Gasteiger partial charge is 0.455 e. The van der Waals surface area contributed by atoms with Gasteiger partial charge in [-0.15, -0.1) is 11.3 Å². The van der Waals surface area contributed by atoms with E-state index in [1.54, 1.807) is 12.4 Å². The van der Waals surface area contributed by atoms with Crippen molar-refractivity contribution in [1.82, 2.24) is 34.5 Å². The first kappa shape index (κ1) is 68.4. The molecule has 0 fully saturated rings. The highest BCUT2D eigenvalue weighted by Gasteiger charge is 2.22. The third-order valence-corrected chi connectivity index (χ3v) is 24.6. The zero-order valence-corrected chi connectivity index (χ0v) is 64.9. The van der Waals surface area contributed by atoms with E-state index >= 15 is 0 Å². The van der Waals surface area contributed by atoms with Crippen LogP contribution in [-0.2, 0) is 0 Å². The molecule has 0 aliphatic rings. The Morgan fingerprint density at radius 2 is 0.658 bits per heavy atom. The quantitative estimate of drug-likeness (QED) is 0.145. The van der Waals surface area contributed by atoms with Gasteiger partial charge in [0.25, 0.3) is 0 Å². The molecule has 0 saturated heterocycles. The van der Waals surface area contributed by atoms with Crippen molar-refractivity contribution in [1.29, 1.82) is 0 Å². The molecular weight excluding hydrogens is 1490 g/mol. The Morgan fingerprint density at radius 3 is 1.24 bits per heavy atom. The maximum atomic E-state index is 6.28. The molecule has 12 heteroatoms. The smallest absolute Gasteiger partial charge is 0.246 e. The number of fused-ring (bicyclic) bond motifs is 24. The van der Waals surface area contributed by atoms with Crippen LogP contribution in [0.25, 0.3) is 247 Å². The Bertz CT molecular complexity index is 8650. The van der Waals surface area contributed by atoms with Crippen LogP contribution in [0, 0.1) is 0 Å². The summed E-state index contributed by atoms with van der Waals surface area (Å²) in [6, 6.07) is 127. The number of hydrogen-bond donors (Lipinski definition) is 0. The topological polar surface area (TPSA) is 135 Å². The van der Waals surface area contributed by atoms with Crippen LogP contribution in [0.15, 0.2) is 400 Å². The Hall–Kier alpha value is -16.0. The molecule has 0 bridgehead atoms. The molecule has 560 valence electrons. The molecule has 0 unspecified atom stereocenters. The highest BCUT2D eigenvalue weighted by Crippen LogP contribution is 2.45. The second kappa shape index (κ2) is 27.9. The minimum Gasteiger partial charge on any atom is -0.455 e. The van der Waals surface area contributed by atoms with E-state index in [9.17, 15) is 0 Å². The van der Waals surface area contributed by atoms with Gasteiger partial charge in [-0.1, -0.05) is 285 Å². The van der Waals surface area contributed by atoms with E-state index in [-0.39, 0.29) is 0 Å². The third kappa shape index (κ3) is 11.5. The maximum Gasteiger partial charge on any atom is 0.246 e. The van der Waals surface area contributed by atoms with Crippen LogP contribution < -0.4 is 0 Å². The molecule has 26 aromatic rings. The minimum atomic E-state index is 0.549. The van der Waals surface area contributed by atoms with Crippen LogP contribution in [0.1, 0.15) is 0 Å². The van der Waals surface area contributed by atoms with Gasteiger partial charge >= 0.3 is 0 Å². The predicted octanol–water partition coefficient (Wildman–Crippen LogP) is 29.6. The number of benzene rings is 17. The van der Waals surface area contributed by atoms with Gasteiger partial charge in [-0.2, -0.15) is 0 Å². The van der Waals surface area contributed by atoms with Gasteiger partial charge in [0.05, 0.1) is 62.9 Å². The standard InChI is InChI=1S/C38H23N3O.C38H22N2OS.C32H18N2O2/c1-2-12-28(13-3-1)41-33-16-7-6-15-30(33)31-22-26(17-19-34(31)41)25-10-8-11-27(21-25)32-23-39-38-37(40-32)36-29-14-5-4-9-24(29)18-20-35(36)42-38;1-2-10-28-24(7-1)19-20-33-35(28)36-38(41-33)39-22-32(40-36)27-9-5-8-26(21-27)23-15-17-25(18-16-23)29-12-6-13-31-30-11-3-4-14-34(30)42-37(29)31;1-2-10-22-19(7-1)15-16-28-29(22)30-32(36-28)33-18-26(34-30)21-9-5-8-20(17-21)23-12-6-13-25-24-11-3-4-14-27(24)35-31(23)25/h1-23H;1-22H;1-18H. The summed E-state index contributed by atoms with van der Waals surface area (Å²) < 4.78 is 29.5. The molecule has 17 aromatic carbocycles. The average molecular weight is 1550 g/mol. The van der Waals surface area contributed by atoms with Gasteiger partial charge in [-0.05, 0) is 150 Å². The van der Waals surface area contributed by atoms with Crippen LogP contribution in [0.3, 0.4) is 0 Å². The van der Waals surface area contributed by atoms with Gasteiger partial charge in [0.2, 0.25) is 17.1 Å². The Kier molecular flexibility index (Phi) is 15.9. The summed E-state index contributed by atoms with van der Waals surface area (Å²) in [5.74, 6) is 0. The number of hydrogen-bond acceptors (Lipinski definition) is 11. The zero-order chi connectivity index (χ0) is 78.9. The van der Waals surface area contributed by atoms with E-state index in [0.717, 1.165) is 177 Å². The lowest BCUT2D eigenvalue weighted by Crippen LogP contribution is -1.92. The first-order chi connectivity index (χ1) is 59.4. The van der Waals surface area contributed by atoms with E-state index in [4.69, 9.17) is 32.6 Å². The van der Waals surface area contributed by atoms with Gasteiger partial charge in [0.15, 0.2) is 0 Å². The van der Waals surface area contributed by atoms with E-state index in [0.29, 0.717) is 17.1 Å². The molecule has 0 amide bonds. The van der Waals surface area contributed by atoms with Crippen molar-refractivity contribution in [2.75, 3.05) is 0 Å². The van der Waals surface area contributed by atoms with Crippen molar-refractivity contribution in [3.05, 3.63) is 383 Å².